The molecule has 2 aromatic rings. The number of nitrogens with zero attached hydrogens (tertiary/aromatic N) is 1. The smallest absolute Gasteiger partial charge is 0.338 e. The summed E-state index contributed by atoms with van der Waals surface area (Å²) in [6.45, 7) is 4.48. The van der Waals surface area contributed by atoms with Gasteiger partial charge in [0.05, 0.1) is 23.7 Å². The molecule has 0 atom stereocenters. The van der Waals surface area contributed by atoms with E-state index in [4.69, 9.17) is 9.47 Å². The number of carbonyl (C=O) groups is 2. The normalized spacial score (nSPS) is 15.1. The number of ether oxygens (including phenoxy) is 2. The minimum absolute atomic E-state index is 0.00899. The fraction of sp³-hybridized carbons (Fsp3) is 0.333. The summed E-state index contributed by atoms with van der Waals surface area (Å²) in [6, 6.07) is 11.1. The molecule has 1 saturated heterocycles. The Hall–Kier alpha value is -2.55. The van der Waals surface area contributed by atoms with Gasteiger partial charge in [-0.15, -0.1) is 0 Å². The van der Waals surface area contributed by atoms with E-state index in [1.54, 1.807) is 6.07 Å². The Morgan fingerprint density at radius 1 is 1.07 bits per heavy atom. The summed E-state index contributed by atoms with van der Waals surface area (Å²) in [5, 5.41) is 0. The summed E-state index contributed by atoms with van der Waals surface area (Å²) in [4.78, 5) is 24.8. The Balaban J connectivity index is 1.71. The predicted molar refractivity (Wildman–Crippen MR) is 107 cm³/mol. The van der Waals surface area contributed by atoms with Gasteiger partial charge in [-0.2, -0.15) is 4.31 Å². The Bertz CT molecular complexity index is 1030. The number of rotatable bonds is 6. The third-order valence-electron chi connectivity index (χ3n) is 4.71. The van der Waals surface area contributed by atoms with E-state index in [0.29, 0.717) is 18.8 Å². The van der Waals surface area contributed by atoms with E-state index in [0.717, 1.165) is 11.1 Å². The molecule has 29 heavy (non-hydrogen) atoms. The summed E-state index contributed by atoms with van der Waals surface area (Å²) in [5.41, 5.74) is 2.32. The van der Waals surface area contributed by atoms with Crippen molar-refractivity contribution in [2.45, 2.75) is 18.7 Å². The third-order valence-corrected chi connectivity index (χ3v) is 6.60. The van der Waals surface area contributed by atoms with Gasteiger partial charge >= 0.3 is 5.97 Å². The zero-order valence-electron chi connectivity index (χ0n) is 16.4. The van der Waals surface area contributed by atoms with Gasteiger partial charge in [0.15, 0.2) is 6.61 Å². The van der Waals surface area contributed by atoms with Crippen molar-refractivity contribution in [1.29, 1.82) is 0 Å². The van der Waals surface area contributed by atoms with E-state index in [2.05, 4.69) is 0 Å². The number of hydrogen-bond donors (Lipinski definition) is 0. The van der Waals surface area contributed by atoms with Gasteiger partial charge in [-0.1, -0.05) is 23.8 Å². The van der Waals surface area contributed by atoms with E-state index in [9.17, 15) is 18.0 Å². The fourth-order valence-corrected chi connectivity index (χ4v) is 4.50. The van der Waals surface area contributed by atoms with Gasteiger partial charge in [0.25, 0.3) is 0 Å². The van der Waals surface area contributed by atoms with Crippen LogP contribution < -0.4 is 0 Å². The molecule has 1 aliphatic heterocycles. The maximum Gasteiger partial charge on any atom is 0.338 e. The van der Waals surface area contributed by atoms with Crippen LogP contribution in [0.5, 0.6) is 0 Å². The molecule has 2 aromatic carbocycles. The average molecular weight is 417 g/mol. The maximum absolute atomic E-state index is 12.7. The van der Waals surface area contributed by atoms with Crippen LogP contribution in [0.3, 0.4) is 0 Å². The highest BCUT2D eigenvalue weighted by Crippen LogP contribution is 2.19. The predicted octanol–water partition coefficient (Wildman–Crippen LogP) is 2.36. The van der Waals surface area contributed by atoms with E-state index >= 15 is 0 Å². The molecule has 3 rings (SSSR count). The molecule has 1 fully saturated rings. The van der Waals surface area contributed by atoms with Crippen LogP contribution >= 0.6 is 0 Å². The topological polar surface area (TPSA) is 90.0 Å². The Morgan fingerprint density at radius 2 is 1.79 bits per heavy atom. The van der Waals surface area contributed by atoms with Crippen LogP contribution in [0.1, 0.15) is 31.8 Å². The Morgan fingerprint density at radius 3 is 2.52 bits per heavy atom. The Labute approximate surface area is 170 Å². The second-order valence-corrected chi connectivity index (χ2v) is 8.80. The number of Topliss-reactive ketones (excluding diaryl/α,β-unsaturated/α-hetero) is 1. The molecular formula is C21H23NO6S. The minimum Gasteiger partial charge on any atom is -0.454 e. The lowest BCUT2D eigenvalue weighted by Gasteiger charge is -2.26. The maximum atomic E-state index is 12.7. The number of esters is 1. The van der Waals surface area contributed by atoms with Gasteiger partial charge in [0.1, 0.15) is 0 Å². The lowest BCUT2D eigenvalue weighted by atomic mass is 10.0. The molecule has 8 heteroatoms. The van der Waals surface area contributed by atoms with Crippen LogP contribution in [0.25, 0.3) is 0 Å². The minimum atomic E-state index is -3.72. The highest BCUT2D eigenvalue weighted by molar-refractivity contribution is 7.89. The van der Waals surface area contributed by atoms with Crippen molar-refractivity contribution in [3.05, 3.63) is 64.7 Å². The average Bonchev–Trinajstić information content (AvgIpc) is 2.74. The summed E-state index contributed by atoms with van der Waals surface area (Å²) in [5.74, 6) is -1.06. The lowest BCUT2D eigenvalue weighted by molar-refractivity contribution is 0.0474. The van der Waals surface area contributed by atoms with Crippen molar-refractivity contribution in [2.24, 2.45) is 0 Å². The molecule has 7 nitrogen and oxygen atoms in total. The lowest BCUT2D eigenvalue weighted by Crippen LogP contribution is -2.40. The fourth-order valence-electron chi connectivity index (χ4n) is 3.05. The molecule has 0 N–H and O–H groups in total. The summed E-state index contributed by atoms with van der Waals surface area (Å²) in [7, 11) is -3.72. The van der Waals surface area contributed by atoms with E-state index < -0.39 is 22.6 Å². The number of ketones is 1. The van der Waals surface area contributed by atoms with Crippen LogP contribution in [-0.2, 0) is 19.5 Å². The van der Waals surface area contributed by atoms with Gasteiger partial charge < -0.3 is 9.47 Å². The Kier molecular flexibility index (Phi) is 6.46. The van der Waals surface area contributed by atoms with Crippen LogP contribution in [0.2, 0.25) is 0 Å². The van der Waals surface area contributed by atoms with Crippen molar-refractivity contribution >= 4 is 21.8 Å². The highest BCUT2D eigenvalue weighted by atomic mass is 32.2. The highest BCUT2D eigenvalue weighted by Gasteiger charge is 2.27. The number of morpholine rings is 1. The monoisotopic (exact) mass is 417 g/mol. The number of sulfonamides is 1. The van der Waals surface area contributed by atoms with Crippen LogP contribution in [0, 0.1) is 13.8 Å². The quantitative estimate of drug-likeness (QED) is 0.529. The van der Waals surface area contributed by atoms with Gasteiger partial charge in [0, 0.05) is 18.7 Å². The molecule has 0 aromatic heterocycles. The largest absolute Gasteiger partial charge is 0.454 e. The van der Waals surface area contributed by atoms with Crippen LogP contribution in [-0.4, -0.2) is 57.4 Å². The number of carbonyl (C=O) groups excluding carboxylic acids is 2. The molecule has 0 aliphatic carbocycles. The van der Waals surface area contributed by atoms with Gasteiger partial charge in [-0.25, -0.2) is 13.2 Å². The molecule has 1 heterocycles. The zero-order valence-corrected chi connectivity index (χ0v) is 17.2. The van der Waals surface area contributed by atoms with Crippen molar-refractivity contribution in [1.82, 2.24) is 4.31 Å². The number of benzene rings is 2. The summed E-state index contributed by atoms with van der Waals surface area (Å²) >= 11 is 0. The van der Waals surface area contributed by atoms with Gasteiger partial charge in [0.2, 0.25) is 15.8 Å². The standard InChI is InChI=1S/C21H23NO6S/c1-15-6-7-16(2)19(12-15)20(23)14-28-21(24)17-4-3-5-18(13-17)29(25,26)22-8-10-27-11-9-22/h3-7,12-13H,8-11,14H2,1-2H3. The molecule has 0 bridgehead atoms. The van der Waals surface area contributed by atoms with E-state index in [-0.39, 0.29) is 29.3 Å². The second-order valence-electron chi connectivity index (χ2n) is 6.86. The van der Waals surface area contributed by atoms with E-state index in [1.807, 2.05) is 26.0 Å². The summed E-state index contributed by atoms with van der Waals surface area (Å²) in [6.07, 6.45) is 0. The first-order valence-electron chi connectivity index (χ1n) is 9.24. The molecule has 0 amide bonds. The molecule has 0 saturated carbocycles. The first-order valence-corrected chi connectivity index (χ1v) is 10.7. The van der Waals surface area contributed by atoms with Gasteiger partial charge in [-0.3, -0.25) is 4.79 Å². The summed E-state index contributed by atoms with van der Waals surface area (Å²) < 4.78 is 37.1. The molecule has 0 unspecified atom stereocenters. The molecule has 0 radical (unpaired) electrons. The van der Waals surface area contributed by atoms with Crippen molar-refractivity contribution in [3.8, 4) is 0 Å². The molecule has 154 valence electrons. The molecular weight excluding hydrogens is 394 g/mol. The number of hydrogen-bond acceptors (Lipinski definition) is 6. The number of aryl methyl sites for hydroxylation is 2. The third kappa shape index (κ3) is 4.90. The van der Waals surface area contributed by atoms with Crippen molar-refractivity contribution < 1.29 is 27.5 Å². The molecule has 0 spiro atoms. The van der Waals surface area contributed by atoms with Crippen LogP contribution in [0.4, 0.5) is 0 Å². The molecule has 1 aliphatic rings. The second kappa shape index (κ2) is 8.86. The first kappa shape index (κ1) is 21.2. The van der Waals surface area contributed by atoms with Crippen LogP contribution in [0.15, 0.2) is 47.4 Å². The first-order chi connectivity index (χ1) is 13.8. The van der Waals surface area contributed by atoms with Gasteiger partial charge in [-0.05, 0) is 43.7 Å². The zero-order chi connectivity index (χ0) is 21.0. The van der Waals surface area contributed by atoms with Crippen molar-refractivity contribution in [2.75, 3.05) is 32.9 Å². The van der Waals surface area contributed by atoms with E-state index in [1.165, 1.54) is 28.6 Å². The van der Waals surface area contributed by atoms with Crippen molar-refractivity contribution in [3.63, 3.8) is 0 Å². The SMILES string of the molecule is Cc1ccc(C)c(C(=O)COC(=O)c2cccc(S(=O)(=O)N3CCOCC3)c2)c1.